The molecule has 36 heavy (non-hydrogen) atoms. The zero-order valence-corrected chi connectivity index (χ0v) is 20.6. The number of carbonyl (C=O) groups excluding carboxylic acids is 1. The van der Waals surface area contributed by atoms with Gasteiger partial charge in [-0.1, -0.05) is 0 Å². The van der Waals surface area contributed by atoms with Crippen LogP contribution >= 0.6 is 11.3 Å². The zero-order valence-electron chi connectivity index (χ0n) is 19.8. The number of oxazole rings is 1. The highest BCUT2D eigenvalue weighted by Crippen LogP contribution is 2.31. The lowest BCUT2D eigenvalue weighted by atomic mass is 10.1. The van der Waals surface area contributed by atoms with E-state index in [4.69, 9.17) is 9.52 Å². The molecule has 11 heteroatoms. The van der Waals surface area contributed by atoms with Crippen molar-refractivity contribution in [3.05, 3.63) is 52.8 Å². The minimum Gasteiger partial charge on any atom is -0.424 e. The molecule has 3 aromatic heterocycles. The molecule has 9 nitrogen and oxygen atoms in total. The Balaban J connectivity index is 1.38. The molecule has 3 N–H and O–H groups in total. The summed E-state index contributed by atoms with van der Waals surface area (Å²) in [4.78, 5) is 28.1. The molecule has 0 radical (unpaired) electrons. The maximum atomic E-state index is 14.2. The van der Waals surface area contributed by atoms with E-state index in [9.17, 15) is 9.18 Å². The van der Waals surface area contributed by atoms with Gasteiger partial charge in [-0.15, -0.1) is 11.3 Å². The van der Waals surface area contributed by atoms with Gasteiger partial charge in [-0.05, 0) is 49.6 Å². The van der Waals surface area contributed by atoms with Crippen LogP contribution in [0.5, 0.6) is 0 Å². The van der Waals surface area contributed by atoms with Crippen LogP contribution in [-0.4, -0.2) is 58.4 Å². The van der Waals surface area contributed by atoms with Crippen LogP contribution in [0.1, 0.15) is 34.6 Å². The maximum Gasteiger partial charge on any atom is 0.295 e. The molecule has 1 unspecified atom stereocenters. The molecule has 1 fully saturated rings. The number of halogens is 1. The number of benzene rings is 1. The van der Waals surface area contributed by atoms with E-state index in [0.29, 0.717) is 42.3 Å². The summed E-state index contributed by atoms with van der Waals surface area (Å²) in [5.41, 5.74) is 4.92. The molecule has 5 rings (SSSR count). The Morgan fingerprint density at radius 3 is 3.03 bits per heavy atom. The summed E-state index contributed by atoms with van der Waals surface area (Å²) >= 11 is 1.40. The summed E-state index contributed by atoms with van der Waals surface area (Å²) in [5.74, 6) is -0.292. The Labute approximate surface area is 211 Å². The van der Waals surface area contributed by atoms with Crippen LogP contribution in [0.25, 0.3) is 21.7 Å². The number of nitrogens with zero attached hydrogens (tertiary/aromatic N) is 4. The van der Waals surface area contributed by atoms with Crippen molar-refractivity contribution in [3.8, 4) is 10.6 Å². The number of alkyl halides is 1. The van der Waals surface area contributed by atoms with Crippen molar-refractivity contribution in [1.29, 1.82) is 0 Å². The Kier molecular flexibility index (Phi) is 7.10. The molecule has 1 aromatic carbocycles. The van der Waals surface area contributed by atoms with Crippen molar-refractivity contribution in [1.82, 2.24) is 20.3 Å². The zero-order chi connectivity index (χ0) is 25.1. The quantitative estimate of drug-likeness (QED) is 0.327. The van der Waals surface area contributed by atoms with Crippen LogP contribution in [0.3, 0.4) is 0 Å². The standard InChI is InChI=1S/C25H27FN6O3S/c1-15-9-16(4-5-27-15)24-30-20(14-36-24)23(34)29-12-17-10-22-19(31-25(35-22)28-6-8-33)11-21(17)32-7-2-3-18(26)13-32/h4-5,9-11,14,18,33H,2-3,6-8,12-13H2,1H3,(H,28,31)(H,29,34). The van der Waals surface area contributed by atoms with E-state index >= 15 is 0 Å². The Bertz CT molecular complexity index is 1370. The van der Waals surface area contributed by atoms with Crippen LogP contribution in [-0.2, 0) is 6.54 Å². The molecule has 188 valence electrons. The molecule has 1 atom stereocenters. The Hall–Kier alpha value is -3.57. The van der Waals surface area contributed by atoms with E-state index in [1.807, 2.05) is 36.1 Å². The Morgan fingerprint density at radius 1 is 1.33 bits per heavy atom. The SMILES string of the molecule is Cc1cc(-c2nc(C(=O)NCc3cc4oc(NCCO)nc4cc3N3CCCC(F)C3)cs2)ccn1. The van der Waals surface area contributed by atoms with Crippen molar-refractivity contribution < 1.29 is 18.7 Å². The molecule has 4 aromatic rings. The van der Waals surface area contributed by atoms with Crippen molar-refractivity contribution >= 4 is 40.0 Å². The number of hydrogen-bond acceptors (Lipinski definition) is 9. The monoisotopic (exact) mass is 510 g/mol. The molecular formula is C25H27FN6O3S. The van der Waals surface area contributed by atoms with Gasteiger partial charge in [0.2, 0.25) is 0 Å². The van der Waals surface area contributed by atoms with E-state index in [0.717, 1.165) is 40.5 Å². The van der Waals surface area contributed by atoms with E-state index in [2.05, 4.69) is 25.6 Å². The van der Waals surface area contributed by atoms with E-state index in [-0.39, 0.29) is 19.1 Å². The van der Waals surface area contributed by atoms with Crippen molar-refractivity contribution in [2.75, 3.05) is 36.5 Å². The molecular weight excluding hydrogens is 483 g/mol. The second kappa shape index (κ2) is 10.6. The fourth-order valence-corrected chi connectivity index (χ4v) is 5.08. The molecule has 1 amide bonds. The molecule has 0 spiro atoms. The minimum absolute atomic E-state index is 0.0496. The van der Waals surface area contributed by atoms with Gasteiger partial charge in [-0.3, -0.25) is 9.78 Å². The number of piperidine rings is 1. The number of aromatic nitrogens is 3. The predicted octanol–water partition coefficient (Wildman–Crippen LogP) is 3.93. The van der Waals surface area contributed by atoms with Gasteiger partial charge in [0.05, 0.1) is 6.61 Å². The van der Waals surface area contributed by atoms with Crippen molar-refractivity contribution in [2.24, 2.45) is 0 Å². The number of carbonyl (C=O) groups is 1. The van der Waals surface area contributed by atoms with E-state index in [1.165, 1.54) is 11.3 Å². The van der Waals surface area contributed by atoms with Gasteiger partial charge in [0.15, 0.2) is 5.58 Å². The van der Waals surface area contributed by atoms with Crippen LogP contribution < -0.4 is 15.5 Å². The summed E-state index contributed by atoms with van der Waals surface area (Å²) in [5, 5.41) is 17.4. The van der Waals surface area contributed by atoms with Crippen LogP contribution in [0, 0.1) is 6.92 Å². The van der Waals surface area contributed by atoms with Crippen LogP contribution in [0.2, 0.25) is 0 Å². The van der Waals surface area contributed by atoms with Gasteiger partial charge < -0.3 is 25.1 Å². The maximum absolute atomic E-state index is 14.2. The number of fused-ring (bicyclic) bond motifs is 1. The third kappa shape index (κ3) is 5.31. The molecule has 1 aliphatic rings. The average Bonchev–Trinajstić information content (AvgIpc) is 3.52. The average molecular weight is 511 g/mol. The van der Waals surface area contributed by atoms with E-state index < -0.39 is 6.17 Å². The minimum atomic E-state index is -0.902. The summed E-state index contributed by atoms with van der Waals surface area (Å²) in [7, 11) is 0. The largest absolute Gasteiger partial charge is 0.424 e. The lowest BCUT2D eigenvalue weighted by molar-refractivity contribution is 0.0946. The molecule has 1 aliphatic heterocycles. The number of hydrogen-bond donors (Lipinski definition) is 3. The number of pyridine rings is 1. The van der Waals surface area contributed by atoms with Crippen LogP contribution in [0.4, 0.5) is 16.1 Å². The summed E-state index contributed by atoms with van der Waals surface area (Å²) in [6.45, 7) is 3.41. The number of amides is 1. The summed E-state index contributed by atoms with van der Waals surface area (Å²) in [6.07, 6.45) is 2.12. The lowest BCUT2D eigenvalue weighted by Gasteiger charge is -2.32. The number of aliphatic hydroxyl groups excluding tert-OH is 1. The first-order valence-electron chi connectivity index (χ1n) is 11.8. The van der Waals surface area contributed by atoms with Crippen LogP contribution in [0.15, 0.2) is 40.3 Å². The van der Waals surface area contributed by atoms with Crippen molar-refractivity contribution in [3.63, 3.8) is 0 Å². The van der Waals surface area contributed by atoms with Gasteiger partial charge in [0.25, 0.3) is 11.9 Å². The highest BCUT2D eigenvalue weighted by Gasteiger charge is 2.23. The first-order chi connectivity index (χ1) is 17.5. The van der Waals surface area contributed by atoms with Crippen molar-refractivity contribution in [2.45, 2.75) is 32.5 Å². The van der Waals surface area contributed by atoms with E-state index in [1.54, 1.807) is 11.6 Å². The highest BCUT2D eigenvalue weighted by molar-refractivity contribution is 7.13. The number of anilines is 2. The number of nitrogens with one attached hydrogen (secondary N) is 2. The second-order valence-electron chi connectivity index (χ2n) is 8.71. The highest BCUT2D eigenvalue weighted by atomic mass is 32.1. The fraction of sp³-hybridized carbons (Fsp3) is 0.360. The first kappa shape index (κ1) is 24.1. The normalized spacial score (nSPS) is 15.9. The summed E-state index contributed by atoms with van der Waals surface area (Å²) in [6, 6.07) is 7.80. The topological polar surface area (TPSA) is 116 Å². The molecule has 4 heterocycles. The summed E-state index contributed by atoms with van der Waals surface area (Å²) < 4.78 is 20.0. The number of rotatable bonds is 8. The lowest BCUT2D eigenvalue weighted by Crippen LogP contribution is -2.37. The Morgan fingerprint density at radius 2 is 2.22 bits per heavy atom. The molecule has 0 aliphatic carbocycles. The number of aryl methyl sites for hydroxylation is 1. The van der Waals surface area contributed by atoms with Gasteiger partial charge in [0.1, 0.15) is 22.4 Å². The second-order valence-corrected chi connectivity index (χ2v) is 9.57. The number of thiazole rings is 1. The van der Waals surface area contributed by atoms with Gasteiger partial charge in [-0.2, -0.15) is 4.98 Å². The van der Waals surface area contributed by atoms with Gasteiger partial charge in [-0.25, -0.2) is 9.37 Å². The smallest absolute Gasteiger partial charge is 0.295 e. The first-order valence-corrected chi connectivity index (χ1v) is 12.7. The third-order valence-corrected chi connectivity index (χ3v) is 6.89. The van der Waals surface area contributed by atoms with Gasteiger partial charge >= 0.3 is 0 Å². The fourth-order valence-electron chi connectivity index (χ4n) is 4.28. The third-order valence-electron chi connectivity index (χ3n) is 6.00. The number of aliphatic hydroxyl groups is 1. The van der Waals surface area contributed by atoms with Gasteiger partial charge in [0, 0.05) is 54.7 Å². The molecule has 0 bridgehead atoms. The predicted molar refractivity (Wildman–Crippen MR) is 137 cm³/mol. The molecule has 0 saturated carbocycles. The molecule has 1 saturated heterocycles.